The van der Waals surface area contributed by atoms with Crippen molar-refractivity contribution in [1.29, 1.82) is 0 Å². The lowest BCUT2D eigenvalue weighted by Gasteiger charge is -2.28. The maximum Gasteiger partial charge on any atom is 0.330 e. The van der Waals surface area contributed by atoms with Crippen LogP contribution in [0.15, 0.2) is 72.9 Å². The van der Waals surface area contributed by atoms with Crippen LogP contribution in [-0.2, 0) is 19.1 Å². The summed E-state index contributed by atoms with van der Waals surface area (Å²) in [5, 5.41) is 0. The van der Waals surface area contributed by atoms with E-state index in [1.165, 1.54) is 17.7 Å². The maximum atomic E-state index is 11.1. The number of ether oxygens (including phenoxy) is 2. The molecule has 0 aromatic heterocycles. The van der Waals surface area contributed by atoms with Gasteiger partial charge in [0.2, 0.25) is 0 Å². The molecular formula is C26H36O4. The molecule has 0 radical (unpaired) electrons. The first-order valence-corrected chi connectivity index (χ1v) is 10.5. The van der Waals surface area contributed by atoms with Gasteiger partial charge in [0, 0.05) is 12.2 Å². The van der Waals surface area contributed by atoms with E-state index in [0.717, 1.165) is 48.8 Å². The van der Waals surface area contributed by atoms with Crippen molar-refractivity contribution in [2.45, 2.75) is 59.0 Å². The van der Waals surface area contributed by atoms with Crippen LogP contribution in [0.2, 0.25) is 0 Å². The predicted molar refractivity (Wildman–Crippen MR) is 123 cm³/mol. The SMILES string of the molecule is C=CC(=O)OCC(=C)[C@H]1CC=C(C)CC1.C=CC(=O)O[C@H]1C[C@H](C(=C)C)CC=C1C. The summed E-state index contributed by atoms with van der Waals surface area (Å²) in [5.74, 6) is 0.163. The summed E-state index contributed by atoms with van der Waals surface area (Å²) in [6, 6.07) is 0. The quantitative estimate of drug-likeness (QED) is 0.291. The highest BCUT2D eigenvalue weighted by molar-refractivity contribution is 5.81. The lowest BCUT2D eigenvalue weighted by atomic mass is 9.84. The molecule has 0 saturated carbocycles. The van der Waals surface area contributed by atoms with Crippen LogP contribution < -0.4 is 0 Å². The molecule has 0 unspecified atom stereocenters. The normalized spacial score (nSPS) is 22.8. The Morgan fingerprint density at radius 1 is 1.07 bits per heavy atom. The van der Waals surface area contributed by atoms with Crippen molar-refractivity contribution in [3.8, 4) is 0 Å². The summed E-state index contributed by atoms with van der Waals surface area (Å²) < 4.78 is 10.2. The van der Waals surface area contributed by atoms with Crippen LogP contribution in [0.5, 0.6) is 0 Å². The zero-order chi connectivity index (χ0) is 22.7. The van der Waals surface area contributed by atoms with E-state index in [1.807, 2.05) is 13.8 Å². The molecule has 3 atom stereocenters. The molecule has 2 aliphatic carbocycles. The van der Waals surface area contributed by atoms with E-state index in [2.05, 4.69) is 45.4 Å². The lowest BCUT2D eigenvalue weighted by Crippen LogP contribution is -2.25. The number of carbonyl (C=O) groups excluding carboxylic acids is 2. The first-order valence-electron chi connectivity index (χ1n) is 10.5. The monoisotopic (exact) mass is 412 g/mol. The maximum absolute atomic E-state index is 11.1. The summed E-state index contributed by atoms with van der Waals surface area (Å²) in [5.41, 5.74) is 4.73. The molecule has 2 rings (SSSR count). The van der Waals surface area contributed by atoms with Crippen LogP contribution in [0, 0.1) is 11.8 Å². The third-order valence-corrected chi connectivity index (χ3v) is 5.63. The Hall–Kier alpha value is -2.62. The standard InChI is InChI=1S/2C13H18O2/c1-5-13(14)15-12-8-11(9(2)3)7-6-10(12)4;1-4-13(14)15-9-11(3)12-7-5-10(2)6-8-12/h5-6,11-12H,1-2,7-8H2,3-4H3;4-5,12H,1,3,6-9H2,2H3/t11-,12+;12-/m10/s1. The van der Waals surface area contributed by atoms with Crippen molar-refractivity contribution in [3.63, 3.8) is 0 Å². The van der Waals surface area contributed by atoms with E-state index in [1.54, 1.807) is 0 Å². The number of carbonyl (C=O) groups is 2. The molecule has 30 heavy (non-hydrogen) atoms. The van der Waals surface area contributed by atoms with Gasteiger partial charge in [0.1, 0.15) is 12.7 Å². The molecular weight excluding hydrogens is 376 g/mol. The highest BCUT2D eigenvalue weighted by Gasteiger charge is 2.24. The number of hydrogen-bond acceptors (Lipinski definition) is 4. The molecule has 4 heteroatoms. The molecule has 0 heterocycles. The number of hydrogen-bond donors (Lipinski definition) is 0. The van der Waals surface area contributed by atoms with E-state index >= 15 is 0 Å². The van der Waals surface area contributed by atoms with Crippen LogP contribution in [0.4, 0.5) is 0 Å². The molecule has 2 aliphatic rings. The first-order chi connectivity index (χ1) is 14.2. The van der Waals surface area contributed by atoms with Gasteiger partial charge in [0.25, 0.3) is 0 Å². The van der Waals surface area contributed by atoms with Crippen molar-refractivity contribution in [1.82, 2.24) is 0 Å². The average molecular weight is 413 g/mol. The van der Waals surface area contributed by atoms with E-state index < -0.39 is 0 Å². The smallest absolute Gasteiger partial charge is 0.330 e. The van der Waals surface area contributed by atoms with Gasteiger partial charge in [-0.2, -0.15) is 0 Å². The molecule has 0 aromatic carbocycles. The fourth-order valence-electron chi connectivity index (χ4n) is 3.41. The van der Waals surface area contributed by atoms with Crippen LogP contribution in [0.1, 0.15) is 52.9 Å². The third-order valence-electron chi connectivity index (χ3n) is 5.63. The van der Waals surface area contributed by atoms with Gasteiger partial charge in [0.05, 0.1) is 0 Å². The van der Waals surface area contributed by atoms with Crippen molar-refractivity contribution >= 4 is 11.9 Å². The van der Waals surface area contributed by atoms with Crippen molar-refractivity contribution < 1.29 is 19.1 Å². The van der Waals surface area contributed by atoms with Crippen LogP contribution in [0.3, 0.4) is 0 Å². The predicted octanol–water partition coefficient (Wildman–Crippen LogP) is 6.03. The molecule has 4 nitrogen and oxygen atoms in total. The van der Waals surface area contributed by atoms with Gasteiger partial charge in [-0.15, -0.1) is 0 Å². The van der Waals surface area contributed by atoms with Crippen LogP contribution in [0.25, 0.3) is 0 Å². The number of rotatable bonds is 7. The minimum absolute atomic E-state index is 0.106. The first kappa shape index (κ1) is 25.4. The molecule has 0 fully saturated rings. The van der Waals surface area contributed by atoms with E-state index in [4.69, 9.17) is 9.47 Å². The van der Waals surface area contributed by atoms with E-state index in [-0.39, 0.29) is 18.0 Å². The summed E-state index contributed by atoms with van der Waals surface area (Å²) in [6.07, 6.45) is 11.8. The molecule has 164 valence electrons. The zero-order valence-corrected chi connectivity index (χ0v) is 18.7. The average Bonchev–Trinajstić information content (AvgIpc) is 2.73. The second kappa shape index (κ2) is 12.8. The Labute approximate surface area is 181 Å². The molecule has 0 aromatic rings. The van der Waals surface area contributed by atoms with Gasteiger partial charge in [-0.25, -0.2) is 9.59 Å². The van der Waals surface area contributed by atoms with Gasteiger partial charge in [-0.05, 0) is 75.9 Å². The third kappa shape index (κ3) is 8.81. The van der Waals surface area contributed by atoms with E-state index in [0.29, 0.717) is 18.4 Å². The number of allylic oxidation sites excluding steroid dienone is 4. The fourth-order valence-corrected chi connectivity index (χ4v) is 3.41. The molecule has 0 amide bonds. The van der Waals surface area contributed by atoms with Gasteiger partial charge in [-0.3, -0.25) is 0 Å². The van der Waals surface area contributed by atoms with Crippen LogP contribution >= 0.6 is 0 Å². The highest BCUT2D eigenvalue weighted by atomic mass is 16.5. The van der Waals surface area contributed by atoms with Gasteiger partial charge >= 0.3 is 11.9 Å². The lowest BCUT2D eigenvalue weighted by molar-refractivity contribution is -0.142. The van der Waals surface area contributed by atoms with Crippen molar-refractivity contribution in [3.05, 3.63) is 72.9 Å². The fraction of sp³-hybridized carbons (Fsp3) is 0.462. The second-order valence-corrected chi connectivity index (χ2v) is 8.08. The van der Waals surface area contributed by atoms with Crippen molar-refractivity contribution in [2.24, 2.45) is 11.8 Å². The van der Waals surface area contributed by atoms with Gasteiger partial charge in [-0.1, -0.05) is 49.6 Å². The van der Waals surface area contributed by atoms with Crippen molar-refractivity contribution in [2.75, 3.05) is 6.61 Å². The Kier molecular flexibility index (Phi) is 10.9. The summed E-state index contributed by atoms with van der Waals surface area (Å²) in [6.45, 7) is 21.1. The highest BCUT2D eigenvalue weighted by Crippen LogP contribution is 2.30. The molecule has 0 saturated heterocycles. The topological polar surface area (TPSA) is 52.6 Å². The summed E-state index contributed by atoms with van der Waals surface area (Å²) in [7, 11) is 0. The minimum atomic E-state index is -0.376. The van der Waals surface area contributed by atoms with Crippen LogP contribution in [-0.4, -0.2) is 24.6 Å². The number of esters is 2. The Bertz CT molecular complexity index is 738. The Morgan fingerprint density at radius 3 is 2.23 bits per heavy atom. The largest absolute Gasteiger partial charge is 0.458 e. The van der Waals surface area contributed by atoms with Gasteiger partial charge in [0.15, 0.2) is 0 Å². The zero-order valence-electron chi connectivity index (χ0n) is 18.7. The van der Waals surface area contributed by atoms with E-state index in [9.17, 15) is 9.59 Å². The molecule has 0 aliphatic heterocycles. The Balaban J connectivity index is 0.000000300. The summed E-state index contributed by atoms with van der Waals surface area (Å²) in [4.78, 5) is 22.0. The Morgan fingerprint density at radius 2 is 1.70 bits per heavy atom. The molecule has 0 N–H and O–H groups in total. The minimum Gasteiger partial charge on any atom is -0.458 e. The molecule has 0 bridgehead atoms. The second-order valence-electron chi connectivity index (χ2n) is 8.08. The van der Waals surface area contributed by atoms with Gasteiger partial charge < -0.3 is 9.47 Å². The molecule has 0 spiro atoms. The summed E-state index contributed by atoms with van der Waals surface area (Å²) >= 11 is 0.